The van der Waals surface area contributed by atoms with Crippen molar-refractivity contribution in [3.8, 4) is 0 Å². The highest BCUT2D eigenvalue weighted by atomic mass is 32.2. The molecule has 5 nitrogen and oxygen atoms in total. The number of benzene rings is 2. The van der Waals surface area contributed by atoms with Crippen LogP contribution in [0.3, 0.4) is 0 Å². The Morgan fingerprint density at radius 1 is 1.00 bits per heavy atom. The van der Waals surface area contributed by atoms with Crippen LogP contribution in [0.2, 0.25) is 0 Å². The lowest BCUT2D eigenvalue weighted by atomic mass is 10.2. The Labute approximate surface area is 124 Å². The van der Waals surface area contributed by atoms with Crippen LogP contribution in [0.15, 0.2) is 59.5 Å². The van der Waals surface area contributed by atoms with Crippen molar-refractivity contribution in [3.63, 3.8) is 0 Å². The standard InChI is InChI=1S/C15H16N2O3S/c1-16-13-8-10-14(11-9-13)21(19,20)17(2)15(18)12-6-4-3-5-7-12/h3-11,16H,1-2H3. The van der Waals surface area contributed by atoms with E-state index in [4.69, 9.17) is 0 Å². The van der Waals surface area contributed by atoms with E-state index < -0.39 is 15.9 Å². The maximum absolute atomic E-state index is 12.4. The van der Waals surface area contributed by atoms with E-state index >= 15 is 0 Å². The maximum Gasteiger partial charge on any atom is 0.267 e. The number of nitrogens with one attached hydrogen (secondary N) is 1. The summed E-state index contributed by atoms with van der Waals surface area (Å²) in [5.41, 5.74) is 1.13. The molecule has 0 heterocycles. The van der Waals surface area contributed by atoms with Crippen molar-refractivity contribution in [1.29, 1.82) is 0 Å². The summed E-state index contributed by atoms with van der Waals surface area (Å²) in [4.78, 5) is 12.3. The highest BCUT2D eigenvalue weighted by Crippen LogP contribution is 2.19. The topological polar surface area (TPSA) is 66.5 Å². The Kier molecular flexibility index (Phi) is 4.28. The summed E-state index contributed by atoms with van der Waals surface area (Å²) in [5, 5.41) is 2.91. The van der Waals surface area contributed by atoms with Gasteiger partial charge in [0.15, 0.2) is 0 Å². The summed E-state index contributed by atoms with van der Waals surface area (Å²) in [6, 6.07) is 14.5. The molecule has 0 aliphatic rings. The van der Waals surface area contributed by atoms with Gasteiger partial charge in [0.25, 0.3) is 15.9 Å². The van der Waals surface area contributed by atoms with Crippen LogP contribution in [-0.4, -0.2) is 32.7 Å². The molecule has 0 saturated carbocycles. The lowest BCUT2D eigenvalue weighted by Gasteiger charge is -2.17. The second-order valence-corrected chi connectivity index (χ2v) is 6.39. The highest BCUT2D eigenvalue weighted by molar-refractivity contribution is 7.89. The molecule has 2 aromatic carbocycles. The number of hydrogen-bond acceptors (Lipinski definition) is 4. The van der Waals surface area contributed by atoms with Crippen molar-refractivity contribution >= 4 is 21.6 Å². The number of hydrogen-bond donors (Lipinski definition) is 1. The molecule has 110 valence electrons. The summed E-state index contributed by atoms with van der Waals surface area (Å²) in [7, 11) is -0.850. The fourth-order valence-corrected chi connectivity index (χ4v) is 2.94. The number of anilines is 1. The maximum atomic E-state index is 12.4. The van der Waals surface area contributed by atoms with E-state index in [1.54, 1.807) is 49.5 Å². The minimum absolute atomic E-state index is 0.0771. The molecule has 0 saturated heterocycles. The van der Waals surface area contributed by atoms with Gasteiger partial charge >= 0.3 is 0 Å². The van der Waals surface area contributed by atoms with Gasteiger partial charge < -0.3 is 5.32 Å². The van der Waals surface area contributed by atoms with Gasteiger partial charge in [-0.1, -0.05) is 18.2 Å². The first-order valence-corrected chi connectivity index (χ1v) is 7.77. The van der Waals surface area contributed by atoms with Crippen LogP contribution in [0.1, 0.15) is 10.4 Å². The molecule has 1 amide bonds. The fourth-order valence-electron chi connectivity index (χ4n) is 1.82. The van der Waals surface area contributed by atoms with Gasteiger partial charge in [0.05, 0.1) is 4.90 Å². The van der Waals surface area contributed by atoms with E-state index in [0.717, 1.165) is 9.99 Å². The predicted octanol–water partition coefficient (Wildman–Crippen LogP) is 2.19. The number of amides is 1. The summed E-state index contributed by atoms with van der Waals surface area (Å²) in [6.07, 6.45) is 0. The minimum atomic E-state index is -3.86. The zero-order chi connectivity index (χ0) is 15.5. The third-order valence-corrected chi connectivity index (χ3v) is 4.86. The van der Waals surface area contributed by atoms with Crippen LogP contribution in [0.25, 0.3) is 0 Å². The molecule has 0 fully saturated rings. The first-order valence-electron chi connectivity index (χ1n) is 6.33. The fraction of sp³-hybridized carbons (Fsp3) is 0.133. The largest absolute Gasteiger partial charge is 0.388 e. The van der Waals surface area contributed by atoms with Gasteiger partial charge in [0.2, 0.25) is 0 Å². The molecule has 2 aromatic rings. The summed E-state index contributed by atoms with van der Waals surface area (Å²) in [5.74, 6) is -0.562. The number of nitrogens with zero attached hydrogens (tertiary/aromatic N) is 1. The van der Waals surface area contributed by atoms with Crippen LogP contribution in [0.5, 0.6) is 0 Å². The molecule has 21 heavy (non-hydrogen) atoms. The van der Waals surface area contributed by atoms with Crippen molar-refractivity contribution < 1.29 is 13.2 Å². The smallest absolute Gasteiger partial charge is 0.267 e. The van der Waals surface area contributed by atoms with E-state index in [9.17, 15) is 13.2 Å². The molecule has 1 N–H and O–H groups in total. The quantitative estimate of drug-likeness (QED) is 0.940. The Morgan fingerprint density at radius 2 is 1.57 bits per heavy atom. The normalized spacial score (nSPS) is 11.0. The van der Waals surface area contributed by atoms with Gasteiger partial charge in [-0.3, -0.25) is 4.79 Å². The number of sulfonamides is 1. The summed E-state index contributed by atoms with van der Waals surface area (Å²) < 4.78 is 25.6. The molecule has 0 aliphatic carbocycles. The SMILES string of the molecule is CNc1ccc(S(=O)(=O)N(C)C(=O)c2ccccc2)cc1. The van der Waals surface area contributed by atoms with Crippen LogP contribution < -0.4 is 5.32 Å². The molecule has 6 heteroatoms. The predicted molar refractivity (Wildman–Crippen MR) is 81.7 cm³/mol. The van der Waals surface area contributed by atoms with Gasteiger partial charge in [-0.25, -0.2) is 12.7 Å². The van der Waals surface area contributed by atoms with Gasteiger partial charge in [-0.15, -0.1) is 0 Å². The summed E-state index contributed by atoms with van der Waals surface area (Å²) >= 11 is 0. The van der Waals surface area contributed by atoms with E-state index in [2.05, 4.69) is 5.32 Å². The monoisotopic (exact) mass is 304 g/mol. The number of rotatable bonds is 4. The van der Waals surface area contributed by atoms with Crippen molar-refractivity contribution in [2.45, 2.75) is 4.90 Å². The van der Waals surface area contributed by atoms with E-state index in [1.807, 2.05) is 0 Å². The molecular weight excluding hydrogens is 288 g/mol. The molecule has 0 atom stereocenters. The molecule has 0 unspecified atom stereocenters. The van der Waals surface area contributed by atoms with Crippen molar-refractivity contribution in [2.75, 3.05) is 19.4 Å². The Balaban J connectivity index is 2.32. The van der Waals surface area contributed by atoms with E-state index in [0.29, 0.717) is 5.56 Å². The molecular formula is C15H16N2O3S. The van der Waals surface area contributed by atoms with Crippen molar-refractivity contribution in [1.82, 2.24) is 4.31 Å². The second kappa shape index (κ2) is 5.97. The van der Waals surface area contributed by atoms with Crippen LogP contribution in [0, 0.1) is 0 Å². The molecule has 0 aliphatic heterocycles. The molecule has 0 bridgehead atoms. The Hall–Kier alpha value is -2.34. The first kappa shape index (κ1) is 15.1. The number of carbonyl (C=O) groups excluding carboxylic acids is 1. The Bertz CT molecular complexity index is 725. The van der Waals surface area contributed by atoms with Gasteiger partial charge in [0, 0.05) is 25.3 Å². The van der Waals surface area contributed by atoms with Crippen molar-refractivity contribution in [3.05, 3.63) is 60.2 Å². The first-order chi connectivity index (χ1) is 9.96. The van der Waals surface area contributed by atoms with Gasteiger partial charge in [-0.2, -0.15) is 0 Å². The molecule has 2 rings (SSSR count). The zero-order valence-electron chi connectivity index (χ0n) is 11.8. The highest BCUT2D eigenvalue weighted by Gasteiger charge is 2.26. The zero-order valence-corrected chi connectivity index (χ0v) is 12.6. The van der Waals surface area contributed by atoms with E-state index in [1.165, 1.54) is 19.2 Å². The van der Waals surface area contributed by atoms with Gasteiger partial charge in [-0.05, 0) is 36.4 Å². The minimum Gasteiger partial charge on any atom is -0.388 e. The average molecular weight is 304 g/mol. The Morgan fingerprint density at radius 3 is 2.10 bits per heavy atom. The van der Waals surface area contributed by atoms with Crippen molar-refractivity contribution in [2.24, 2.45) is 0 Å². The lowest BCUT2D eigenvalue weighted by Crippen LogP contribution is -2.33. The van der Waals surface area contributed by atoms with Gasteiger partial charge in [0.1, 0.15) is 0 Å². The second-order valence-electron chi connectivity index (χ2n) is 4.42. The van der Waals surface area contributed by atoms with Crippen LogP contribution in [-0.2, 0) is 10.0 Å². The van der Waals surface area contributed by atoms with E-state index in [-0.39, 0.29) is 4.90 Å². The molecule has 0 spiro atoms. The number of carbonyl (C=O) groups is 1. The molecule has 0 radical (unpaired) electrons. The lowest BCUT2D eigenvalue weighted by molar-refractivity contribution is 0.0883. The van der Waals surface area contributed by atoms with Crippen LogP contribution in [0.4, 0.5) is 5.69 Å². The third-order valence-electron chi connectivity index (χ3n) is 3.11. The van der Waals surface area contributed by atoms with Crippen LogP contribution >= 0.6 is 0 Å². The summed E-state index contributed by atoms with van der Waals surface area (Å²) in [6.45, 7) is 0. The average Bonchev–Trinajstić information content (AvgIpc) is 2.54. The third kappa shape index (κ3) is 3.05. The molecule has 0 aromatic heterocycles.